The number of aliphatic hydroxyl groups excluding tert-OH is 8. The van der Waals surface area contributed by atoms with Gasteiger partial charge in [-0.25, -0.2) is 29.7 Å². The Hall–Kier alpha value is -7.73. The van der Waals surface area contributed by atoms with Gasteiger partial charge in [0.25, 0.3) is 11.8 Å². The number of amides is 8. The van der Waals surface area contributed by atoms with Gasteiger partial charge >= 0.3 is 6.09 Å². The molecule has 99 heavy (non-hydrogen) atoms. The summed E-state index contributed by atoms with van der Waals surface area (Å²) in [6.07, 6.45) is -22.5. The number of nitrogens with two attached hydrogens (primary N) is 6. The number of imidazole rings is 1. The summed E-state index contributed by atoms with van der Waals surface area (Å²) in [5.41, 5.74) is 33.6. The minimum atomic E-state index is -2.20. The molecule has 19 atom stereocenters. The van der Waals surface area contributed by atoms with Gasteiger partial charge in [0.15, 0.2) is 18.7 Å². The Kier molecular flexibility index (Phi) is 30.9. The lowest BCUT2D eigenvalue weighted by molar-refractivity contribution is -0.372. The second-order valence-corrected chi connectivity index (χ2v) is 25.2. The lowest BCUT2D eigenvalue weighted by atomic mass is 9.96. The third-order valence-corrected chi connectivity index (χ3v) is 17.7. The zero-order valence-electron chi connectivity index (χ0n) is 54.4. The first-order valence-electron chi connectivity index (χ1n) is 31.4. The highest BCUT2D eigenvalue weighted by atomic mass is 32.1. The number of H-pyrrole nitrogens is 1. The smallest absolute Gasteiger partial charge is 0.404 e. The maximum Gasteiger partial charge on any atom is 0.404 e. The van der Waals surface area contributed by atoms with Crippen LogP contribution in [-0.2, 0) is 54.1 Å². The average Bonchev–Trinajstić information content (AvgIpc) is 1.07. The van der Waals surface area contributed by atoms with Gasteiger partial charge in [-0.05, 0) is 59.7 Å². The summed E-state index contributed by atoms with van der Waals surface area (Å²) < 4.78 is 28.7. The SMILES string of the molecule is Cc1c(N)nc(C(CC(N)=O)NCC(N)C(N)=O)nc1C(=O)N[C@H](C(=O)N[C@H](C)[C@@H](O)[C@H](C)C(=O)N[C@H](C(=O)NCCc1nc(-c2nc(C(=O)NCCCNCCCCN)cs2)cs1)[C@@H](C)O)[C@@H](O[C@@H]1O[C@@H](CO)[C@@H](O)[C@H](O)[C@@H]1O[C@H]1O[C@H](CO)[C@@H](O)[C@H](OC(N)=O)[C@@H]1O)c1cnc[nH]1. The number of nitrogen functional groups attached to an aromatic ring is 1. The lowest BCUT2D eigenvalue weighted by Gasteiger charge is -2.47. The predicted octanol–water partition coefficient (Wildman–Crippen LogP) is -8.25. The van der Waals surface area contributed by atoms with Gasteiger partial charge in [-0.15, -0.1) is 22.7 Å². The normalized spacial score (nSPS) is 23.6. The molecule has 28 N–H and O–H groups in total. The van der Waals surface area contributed by atoms with Crippen LogP contribution < -0.4 is 71.6 Å². The van der Waals surface area contributed by atoms with Crippen molar-refractivity contribution in [3.63, 3.8) is 0 Å². The van der Waals surface area contributed by atoms with Crippen molar-refractivity contribution in [2.75, 3.05) is 58.2 Å². The van der Waals surface area contributed by atoms with E-state index in [4.69, 9.17) is 58.1 Å². The number of ether oxygens (including phenoxy) is 5. The Morgan fingerprint density at radius 3 is 2.09 bits per heavy atom. The van der Waals surface area contributed by atoms with E-state index < -0.39 is 183 Å². The molecule has 2 fully saturated rings. The number of nitrogens with zero attached hydrogens (tertiary/aromatic N) is 5. The second-order valence-electron chi connectivity index (χ2n) is 23.4. The first kappa shape index (κ1) is 80.2. The van der Waals surface area contributed by atoms with Crippen LogP contribution in [0.1, 0.15) is 102 Å². The first-order chi connectivity index (χ1) is 47.0. The fraction of sp³-hybridized carbons (Fsp3) is 0.632. The molecule has 0 saturated carbocycles. The minimum Gasteiger partial charge on any atom is -0.441 e. The van der Waals surface area contributed by atoms with Crippen molar-refractivity contribution >= 4 is 75.9 Å². The molecule has 0 aliphatic carbocycles. The molecular formula is C57H89N19O21S2. The van der Waals surface area contributed by atoms with E-state index in [1.165, 1.54) is 50.4 Å². The van der Waals surface area contributed by atoms with Crippen LogP contribution in [0.5, 0.6) is 0 Å². The van der Waals surface area contributed by atoms with Gasteiger partial charge in [0.1, 0.15) is 94.6 Å². The van der Waals surface area contributed by atoms with Crippen LogP contribution in [0, 0.1) is 12.8 Å². The number of hydrogen-bond donors (Lipinski definition) is 22. The largest absolute Gasteiger partial charge is 0.441 e. The molecule has 550 valence electrons. The first-order valence-corrected chi connectivity index (χ1v) is 33.1. The minimum absolute atomic E-state index is 0.0140. The van der Waals surface area contributed by atoms with Gasteiger partial charge in [0.2, 0.25) is 29.5 Å². The van der Waals surface area contributed by atoms with Crippen molar-refractivity contribution in [3.8, 4) is 10.7 Å². The highest BCUT2D eigenvalue weighted by molar-refractivity contribution is 7.14. The van der Waals surface area contributed by atoms with Gasteiger partial charge in [-0.1, -0.05) is 6.92 Å². The van der Waals surface area contributed by atoms with E-state index in [0.717, 1.165) is 44.9 Å². The van der Waals surface area contributed by atoms with E-state index in [2.05, 4.69) is 67.1 Å². The maximum atomic E-state index is 15.2. The molecule has 8 amide bonds. The number of aliphatic hydroxyl groups is 8. The van der Waals surface area contributed by atoms with Crippen LogP contribution in [0.15, 0.2) is 23.3 Å². The summed E-state index contributed by atoms with van der Waals surface area (Å²) in [6, 6.07) is -7.87. The van der Waals surface area contributed by atoms with Crippen LogP contribution in [0.3, 0.4) is 0 Å². The number of thiazole rings is 2. The van der Waals surface area contributed by atoms with Gasteiger partial charge in [0.05, 0.1) is 72.7 Å². The van der Waals surface area contributed by atoms with Crippen molar-refractivity contribution in [2.45, 2.75) is 170 Å². The number of aromatic nitrogens is 6. The molecular weight excluding hydrogens is 1350 g/mol. The Bertz CT molecular complexity index is 3320. The van der Waals surface area contributed by atoms with E-state index >= 15 is 4.79 Å². The number of primary amides is 3. The Morgan fingerprint density at radius 1 is 0.747 bits per heavy atom. The summed E-state index contributed by atoms with van der Waals surface area (Å²) >= 11 is 2.50. The fourth-order valence-electron chi connectivity index (χ4n) is 10.2. The number of carbonyl (C=O) groups excluding carboxylic acids is 8. The monoisotopic (exact) mass is 1440 g/mol. The standard InChI is InChI=1S/C57H89N19O21S2/c1-22-35(73-48(76-46(22)61)27(14-33(60)80)68-15-26(59)47(62)86)52(90)75-37(43(28-16-65-21-69-28)95-56-45(41(84)39(82)31(17-77)94-56)96-55-42(85)44(97-57(63)92)40(83)32(18-78)93-55)53(91)70-24(3)38(81)23(2)49(87)74-36(25(4)79)51(89)67-13-8-34-71-30(20-98-34)54-72-29(19-99-54)50(88)66-12-7-11-64-10-6-5-9-58/h16,19-21,23-27,31-32,36-45,55-56,64,68,77-79,81-85H,5-15,17-18,58-59H2,1-4H3,(H2,60,80)(H2,62,86)(H2,63,92)(H,65,69)(H,66,88)(H,67,89)(H,70,91)(H,74,87)(H,75,90)(H2,61,73,76)/t23-,24+,25+,26?,27?,31-,32+,36-,37-,38-,39+,40+,41-,42-,43-,44-,45-,55+,56-/m0/s1. The zero-order valence-corrected chi connectivity index (χ0v) is 56.0. The van der Waals surface area contributed by atoms with Crippen molar-refractivity contribution in [1.82, 2.24) is 67.1 Å². The molecule has 6 rings (SSSR count). The van der Waals surface area contributed by atoms with Crippen LogP contribution in [-0.4, -0.2) is 268 Å². The van der Waals surface area contributed by atoms with Gasteiger partial charge in [-0.2, -0.15) is 0 Å². The van der Waals surface area contributed by atoms with Gasteiger partial charge in [0, 0.05) is 48.8 Å². The molecule has 0 aromatic carbocycles. The summed E-state index contributed by atoms with van der Waals surface area (Å²) in [5, 5.41) is 111. The molecule has 2 aliphatic heterocycles. The number of nitrogens with one attached hydrogen (secondary N) is 8. The summed E-state index contributed by atoms with van der Waals surface area (Å²) in [5.74, 6) is -8.74. The Morgan fingerprint density at radius 2 is 1.44 bits per heavy atom. The number of anilines is 1. The van der Waals surface area contributed by atoms with Crippen LogP contribution in [0.2, 0.25) is 0 Å². The van der Waals surface area contributed by atoms with E-state index in [1.54, 1.807) is 10.8 Å². The number of aromatic amines is 1. The highest BCUT2D eigenvalue weighted by Crippen LogP contribution is 2.35. The van der Waals surface area contributed by atoms with Crippen LogP contribution in [0.4, 0.5) is 10.6 Å². The molecule has 6 heterocycles. The summed E-state index contributed by atoms with van der Waals surface area (Å²) in [7, 11) is 0. The topological polar surface area (TPSA) is 665 Å². The van der Waals surface area contributed by atoms with Crippen molar-refractivity contribution in [3.05, 3.63) is 56.8 Å². The molecule has 0 bridgehead atoms. The molecule has 42 heteroatoms. The highest BCUT2D eigenvalue weighted by Gasteiger charge is 2.54. The predicted molar refractivity (Wildman–Crippen MR) is 346 cm³/mol. The molecule has 2 unspecified atom stereocenters. The molecule has 0 radical (unpaired) electrons. The average molecular weight is 1440 g/mol. The van der Waals surface area contributed by atoms with Crippen molar-refractivity contribution < 1.29 is 103 Å². The Balaban J connectivity index is 1.23. The summed E-state index contributed by atoms with van der Waals surface area (Å²) in [4.78, 5) is 131. The van der Waals surface area contributed by atoms with Crippen molar-refractivity contribution in [1.29, 1.82) is 0 Å². The summed E-state index contributed by atoms with van der Waals surface area (Å²) in [6.45, 7) is 5.29. The molecule has 4 aromatic heterocycles. The van der Waals surface area contributed by atoms with E-state index in [9.17, 15) is 74.4 Å². The lowest BCUT2D eigenvalue weighted by Crippen LogP contribution is -2.65. The van der Waals surface area contributed by atoms with Crippen LogP contribution >= 0.6 is 22.7 Å². The Labute approximate surface area is 573 Å². The van der Waals surface area contributed by atoms with E-state index in [1.807, 2.05) is 0 Å². The van der Waals surface area contributed by atoms with E-state index in [0.29, 0.717) is 28.8 Å². The zero-order chi connectivity index (χ0) is 72.9. The van der Waals surface area contributed by atoms with Gasteiger partial charge < -0.3 is 141 Å². The molecule has 2 saturated heterocycles. The molecule has 4 aromatic rings. The third-order valence-electron chi connectivity index (χ3n) is 15.9. The number of hydrogen-bond acceptors (Lipinski definition) is 33. The van der Waals surface area contributed by atoms with Crippen LogP contribution in [0.25, 0.3) is 10.7 Å². The van der Waals surface area contributed by atoms with E-state index in [-0.39, 0.29) is 54.0 Å². The second kappa shape index (κ2) is 38.2. The fourth-order valence-corrected chi connectivity index (χ4v) is 11.8. The number of carbonyl (C=O) groups is 8. The third kappa shape index (κ3) is 22.1. The number of unbranched alkanes of at least 4 members (excludes halogenated alkanes) is 1. The molecule has 2 aliphatic rings. The number of rotatable bonds is 39. The van der Waals surface area contributed by atoms with Gasteiger partial charge in [-0.3, -0.25) is 33.6 Å². The maximum absolute atomic E-state index is 15.2. The quantitative estimate of drug-likeness (QED) is 0.0185. The van der Waals surface area contributed by atoms with Crippen molar-refractivity contribution in [2.24, 2.45) is 34.6 Å². The molecule has 0 spiro atoms. The molecule has 40 nitrogen and oxygen atoms in total.